The molecular formula is C23H21N3O. The lowest BCUT2D eigenvalue weighted by atomic mass is 10.0. The van der Waals surface area contributed by atoms with Crippen molar-refractivity contribution in [3.05, 3.63) is 84.2 Å². The van der Waals surface area contributed by atoms with E-state index in [4.69, 9.17) is 4.74 Å². The molecule has 3 aromatic carbocycles. The van der Waals surface area contributed by atoms with Crippen molar-refractivity contribution in [2.75, 3.05) is 14.2 Å². The monoisotopic (exact) mass is 355 g/mol. The molecule has 0 atom stereocenters. The number of rotatable bonds is 5. The molecule has 1 heterocycles. The average molecular weight is 355 g/mol. The number of imidazole rings is 1. The summed E-state index contributed by atoms with van der Waals surface area (Å²) in [4.78, 5) is 8.53. The Morgan fingerprint density at radius 1 is 1.00 bits per heavy atom. The molecule has 0 spiro atoms. The summed E-state index contributed by atoms with van der Waals surface area (Å²) in [5, 5.41) is 0. The van der Waals surface area contributed by atoms with Crippen molar-refractivity contribution in [1.29, 1.82) is 0 Å². The first-order valence-corrected chi connectivity index (χ1v) is 8.88. The van der Waals surface area contributed by atoms with Crippen LogP contribution >= 0.6 is 0 Å². The lowest BCUT2D eigenvalue weighted by Crippen LogP contribution is -1.97. The Hall–Kier alpha value is -3.40. The Morgan fingerprint density at radius 2 is 1.78 bits per heavy atom. The Morgan fingerprint density at radius 3 is 2.56 bits per heavy atom. The molecule has 0 amide bonds. The fourth-order valence-electron chi connectivity index (χ4n) is 3.27. The van der Waals surface area contributed by atoms with Crippen molar-refractivity contribution in [1.82, 2.24) is 9.55 Å². The molecule has 4 heteroatoms. The summed E-state index contributed by atoms with van der Waals surface area (Å²) in [7, 11) is 3.44. The van der Waals surface area contributed by atoms with Gasteiger partial charge in [-0.1, -0.05) is 42.5 Å². The van der Waals surface area contributed by atoms with E-state index in [0.29, 0.717) is 0 Å². The molecule has 0 saturated heterocycles. The number of aromatic nitrogens is 2. The normalized spacial score (nSPS) is 11.3. The zero-order valence-electron chi connectivity index (χ0n) is 15.5. The maximum absolute atomic E-state index is 5.49. The van der Waals surface area contributed by atoms with Crippen molar-refractivity contribution < 1.29 is 4.74 Å². The van der Waals surface area contributed by atoms with Gasteiger partial charge in [0.15, 0.2) is 0 Å². The number of fused-ring (bicyclic) bond motifs is 1. The van der Waals surface area contributed by atoms with Gasteiger partial charge in [-0.05, 0) is 41.0 Å². The first-order chi connectivity index (χ1) is 13.3. The van der Waals surface area contributed by atoms with Crippen LogP contribution < -0.4 is 4.74 Å². The van der Waals surface area contributed by atoms with E-state index in [9.17, 15) is 0 Å². The summed E-state index contributed by atoms with van der Waals surface area (Å²) in [5.41, 5.74) is 6.68. The van der Waals surface area contributed by atoms with Gasteiger partial charge in [-0.25, -0.2) is 4.98 Å². The highest BCUT2D eigenvalue weighted by molar-refractivity contribution is 5.85. The smallest absolute Gasteiger partial charge is 0.128 e. The number of methoxy groups -OCH3 is 1. The topological polar surface area (TPSA) is 39.4 Å². The van der Waals surface area contributed by atoms with Crippen molar-refractivity contribution in [3.8, 4) is 16.9 Å². The molecule has 0 aliphatic heterocycles. The van der Waals surface area contributed by atoms with Crippen LogP contribution in [0, 0.1) is 0 Å². The van der Waals surface area contributed by atoms with Crippen LogP contribution in [0.2, 0.25) is 0 Å². The number of aliphatic imine (C=N–C) groups is 1. The molecule has 4 rings (SSSR count). The highest BCUT2D eigenvalue weighted by atomic mass is 16.5. The molecule has 4 aromatic rings. The molecule has 0 unspecified atom stereocenters. The lowest BCUT2D eigenvalue weighted by Gasteiger charge is -2.09. The molecule has 4 nitrogen and oxygen atoms in total. The minimum absolute atomic E-state index is 0.802. The molecule has 0 saturated carbocycles. The maximum Gasteiger partial charge on any atom is 0.128 e. The van der Waals surface area contributed by atoms with E-state index in [-0.39, 0.29) is 0 Å². The Balaban J connectivity index is 1.59. The van der Waals surface area contributed by atoms with Crippen LogP contribution in [0.5, 0.6) is 5.75 Å². The second-order valence-corrected chi connectivity index (χ2v) is 6.40. The van der Waals surface area contributed by atoms with E-state index in [1.54, 1.807) is 20.4 Å². The van der Waals surface area contributed by atoms with Crippen LogP contribution in [-0.2, 0) is 6.54 Å². The second-order valence-electron chi connectivity index (χ2n) is 6.40. The van der Waals surface area contributed by atoms with Crippen LogP contribution in [0.4, 0.5) is 0 Å². The molecule has 0 fully saturated rings. The molecule has 0 aliphatic rings. The van der Waals surface area contributed by atoms with E-state index in [2.05, 4.69) is 57.0 Å². The third-order valence-electron chi connectivity index (χ3n) is 4.67. The molecule has 0 N–H and O–H groups in total. The van der Waals surface area contributed by atoms with Crippen LogP contribution in [-0.4, -0.2) is 29.9 Å². The van der Waals surface area contributed by atoms with Gasteiger partial charge in [0.2, 0.25) is 0 Å². The standard InChI is InChI=1S/C23H21N3O/c1-24-14-20-12-11-19(13-23(20)27-2)18-9-7-17(8-10-18)15-26-16-25-21-5-3-4-6-22(21)26/h3-14,16H,15H2,1-2H3. The molecule has 27 heavy (non-hydrogen) atoms. The van der Waals surface area contributed by atoms with Crippen molar-refractivity contribution >= 4 is 17.2 Å². The predicted octanol–water partition coefficient (Wildman–Crippen LogP) is 4.81. The minimum atomic E-state index is 0.802. The largest absolute Gasteiger partial charge is 0.496 e. The van der Waals surface area contributed by atoms with E-state index in [1.807, 2.05) is 30.6 Å². The van der Waals surface area contributed by atoms with Gasteiger partial charge < -0.3 is 9.30 Å². The van der Waals surface area contributed by atoms with Gasteiger partial charge in [0.1, 0.15) is 5.75 Å². The van der Waals surface area contributed by atoms with Crippen molar-refractivity contribution in [2.45, 2.75) is 6.54 Å². The number of hydrogen-bond donors (Lipinski definition) is 0. The van der Waals surface area contributed by atoms with Crippen molar-refractivity contribution in [3.63, 3.8) is 0 Å². The fourth-order valence-corrected chi connectivity index (χ4v) is 3.27. The van der Waals surface area contributed by atoms with Gasteiger partial charge in [0, 0.05) is 25.4 Å². The summed E-state index contributed by atoms with van der Waals surface area (Å²) in [6, 6.07) is 23.0. The predicted molar refractivity (Wildman–Crippen MR) is 111 cm³/mol. The Bertz CT molecular complexity index is 1090. The van der Waals surface area contributed by atoms with Gasteiger partial charge in [0.05, 0.1) is 24.5 Å². The van der Waals surface area contributed by atoms with Crippen LogP contribution in [0.1, 0.15) is 11.1 Å². The summed E-state index contributed by atoms with van der Waals surface area (Å²) in [6.45, 7) is 0.802. The van der Waals surface area contributed by atoms with Gasteiger partial charge in [-0.2, -0.15) is 0 Å². The maximum atomic E-state index is 5.49. The average Bonchev–Trinajstić information content (AvgIpc) is 3.12. The van der Waals surface area contributed by atoms with E-state index < -0.39 is 0 Å². The minimum Gasteiger partial charge on any atom is -0.496 e. The Kier molecular flexibility index (Phi) is 4.71. The SMILES string of the molecule is CN=Cc1ccc(-c2ccc(Cn3cnc4ccccc43)cc2)cc1OC. The number of ether oxygens (including phenoxy) is 1. The molecule has 0 aliphatic carbocycles. The van der Waals surface area contributed by atoms with Crippen LogP contribution in [0.25, 0.3) is 22.2 Å². The summed E-state index contributed by atoms with van der Waals surface area (Å²) in [6.07, 6.45) is 3.71. The first-order valence-electron chi connectivity index (χ1n) is 8.88. The third-order valence-corrected chi connectivity index (χ3v) is 4.67. The van der Waals surface area contributed by atoms with Crippen LogP contribution in [0.15, 0.2) is 78.0 Å². The zero-order valence-corrected chi connectivity index (χ0v) is 15.5. The molecule has 0 bridgehead atoms. The van der Waals surface area contributed by atoms with Gasteiger partial charge in [-0.15, -0.1) is 0 Å². The Labute approximate surface area is 158 Å². The van der Waals surface area contributed by atoms with E-state index in [0.717, 1.165) is 40.0 Å². The zero-order chi connectivity index (χ0) is 18.6. The van der Waals surface area contributed by atoms with E-state index >= 15 is 0 Å². The molecule has 0 radical (unpaired) electrons. The fraction of sp³-hybridized carbons (Fsp3) is 0.130. The van der Waals surface area contributed by atoms with Crippen molar-refractivity contribution in [2.24, 2.45) is 4.99 Å². The van der Waals surface area contributed by atoms with E-state index in [1.165, 1.54) is 5.56 Å². The van der Waals surface area contributed by atoms with Gasteiger partial charge in [0.25, 0.3) is 0 Å². The number of hydrogen-bond acceptors (Lipinski definition) is 3. The van der Waals surface area contributed by atoms with Gasteiger partial charge >= 0.3 is 0 Å². The molecule has 1 aromatic heterocycles. The summed E-state index contributed by atoms with van der Waals surface area (Å²) < 4.78 is 7.67. The first kappa shape index (κ1) is 17.0. The number of nitrogens with zero attached hydrogens (tertiary/aromatic N) is 3. The highest BCUT2D eigenvalue weighted by Crippen LogP contribution is 2.27. The number of benzene rings is 3. The quantitative estimate of drug-likeness (QED) is 0.482. The lowest BCUT2D eigenvalue weighted by molar-refractivity contribution is 0.414. The summed E-state index contributed by atoms with van der Waals surface area (Å²) in [5.74, 6) is 0.826. The third kappa shape index (κ3) is 3.47. The van der Waals surface area contributed by atoms with Gasteiger partial charge in [-0.3, -0.25) is 4.99 Å². The number of para-hydroxylation sites is 2. The summed E-state index contributed by atoms with van der Waals surface area (Å²) >= 11 is 0. The highest BCUT2D eigenvalue weighted by Gasteiger charge is 2.06. The second kappa shape index (κ2) is 7.46. The molecule has 134 valence electrons. The molecular weight excluding hydrogens is 334 g/mol. The van der Waals surface area contributed by atoms with Crippen LogP contribution in [0.3, 0.4) is 0 Å².